The fraction of sp³-hybridized carbons (Fsp3) is 0.526. The van der Waals surface area contributed by atoms with Crippen molar-refractivity contribution in [3.8, 4) is 11.1 Å². The second-order valence-electron chi connectivity index (χ2n) is 6.41. The van der Waals surface area contributed by atoms with Crippen LogP contribution >= 0.6 is 15.9 Å². The van der Waals surface area contributed by atoms with E-state index < -0.39 is 0 Å². The van der Waals surface area contributed by atoms with E-state index in [2.05, 4.69) is 50.9 Å². The van der Waals surface area contributed by atoms with Crippen molar-refractivity contribution in [2.45, 2.75) is 45.1 Å². The molecule has 0 amide bonds. The average molecular weight is 377 g/mol. The van der Waals surface area contributed by atoms with E-state index >= 15 is 0 Å². The average Bonchev–Trinajstić information content (AvgIpc) is 2.89. The zero-order valence-electron chi connectivity index (χ0n) is 13.8. The fourth-order valence-electron chi connectivity index (χ4n) is 3.57. The Kier molecular flexibility index (Phi) is 5.90. The first-order chi connectivity index (χ1) is 11.3. The molecule has 1 aliphatic carbocycles. The van der Waals surface area contributed by atoms with Gasteiger partial charge in [-0.05, 0) is 40.3 Å². The lowest BCUT2D eigenvalue weighted by Gasteiger charge is -2.22. The minimum Gasteiger partial charge on any atom is -0.384 e. The molecule has 0 atom stereocenters. The summed E-state index contributed by atoms with van der Waals surface area (Å²) in [6, 6.07) is 10.5. The summed E-state index contributed by atoms with van der Waals surface area (Å²) in [5, 5.41) is 4.81. The molecule has 1 fully saturated rings. The summed E-state index contributed by atoms with van der Waals surface area (Å²) >= 11 is 3.69. The Balaban J connectivity index is 1.92. The summed E-state index contributed by atoms with van der Waals surface area (Å²) in [7, 11) is 1.76. The molecule has 1 aromatic heterocycles. The Morgan fingerprint density at radius 1 is 1.17 bits per heavy atom. The smallest absolute Gasteiger partial charge is 0.136 e. The first-order valence-corrected chi connectivity index (χ1v) is 9.38. The Hall–Kier alpha value is -1.13. The lowest BCUT2D eigenvalue weighted by atomic mass is 9.89. The summed E-state index contributed by atoms with van der Waals surface area (Å²) in [6.45, 7) is 1.76. The van der Waals surface area contributed by atoms with Crippen molar-refractivity contribution in [1.29, 1.82) is 0 Å². The summed E-state index contributed by atoms with van der Waals surface area (Å²) < 4.78 is 8.51. The first kappa shape index (κ1) is 16.7. The second kappa shape index (κ2) is 8.11. The highest BCUT2D eigenvalue weighted by molar-refractivity contribution is 9.10. The van der Waals surface area contributed by atoms with Crippen LogP contribution in [-0.2, 0) is 17.7 Å². The third-order valence-electron chi connectivity index (χ3n) is 4.78. The predicted octanol–water partition coefficient (Wildman–Crippen LogP) is 5.08. The van der Waals surface area contributed by atoms with E-state index in [0.717, 1.165) is 30.1 Å². The fourth-order valence-corrected chi connectivity index (χ4v) is 4.22. The number of methoxy groups -OCH3 is 1. The van der Waals surface area contributed by atoms with E-state index in [9.17, 15) is 0 Å². The van der Waals surface area contributed by atoms with Gasteiger partial charge in [-0.15, -0.1) is 0 Å². The molecule has 0 spiro atoms. The molecule has 0 saturated heterocycles. The molecular formula is C19H25BrN2O. The van der Waals surface area contributed by atoms with Gasteiger partial charge in [0.15, 0.2) is 0 Å². The zero-order valence-corrected chi connectivity index (χ0v) is 15.4. The SMILES string of the molecule is COCCc1c(-c2ccccc2)c(Br)nn1CC1CCCCC1. The highest BCUT2D eigenvalue weighted by Gasteiger charge is 2.21. The maximum absolute atomic E-state index is 5.33. The monoisotopic (exact) mass is 376 g/mol. The number of hydrogen-bond donors (Lipinski definition) is 0. The molecule has 0 bridgehead atoms. The van der Waals surface area contributed by atoms with E-state index in [4.69, 9.17) is 9.84 Å². The number of halogens is 1. The summed E-state index contributed by atoms with van der Waals surface area (Å²) in [5.41, 5.74) is 3.73. The highest BCUT2D eigenvalue weighted by atomic mass is 79.9. The maximum Gasteiger partial charge on any atom is 0.136 e. The van der Waals surface area contributed by atoms with E-state index in [1.54, 1.807) is 7.11 Å². The van der Waals surface area contributed by atoms with E-state index in [-0.39, 0.29) is 0 Å². The van der Waals surface area contributed by atoms with Gasteiger partial charge >= 0.3 is 0 Å². The third-order valence-corrected chi connectivity index (χ3v) is 5.33. The van der Waals surface area contributed by atoms with Crippen molar-refractivity contribution in [2.75, 3.05) is 13.7 Å². The van der Waals surface area contributed by atoms with Crippen molar-refractivity contribution in [3.63, 3.8) is 0 Å². The molecule has 3 nitrogen and oxygen atoms in total. The molecule has 0 radical (unpaired) electrons. The van der Waals surface area contributed by atoms with Gasteiger partial charge in [0.1, 0.15) is 4.60 Å². The van der Waals surface area contributed by atoms with Crippen LogP contribution in [0.1, 0.15) is 37.8 Å². The zero-order chi connectivity index (χ0) is 16.1. The molecule has 3 rings (SSSR count). The first-order valence-electron chi connectivity index (χ1n) is 8.59. The standard InChI is InChI=1S/C19H25BrN2O/c1-23-13-12-17-18(16-10-6-3-7-11-16)19(20)21-22(17)14-15-8-4-2-5-9-15/h3,6-7,10-11,15H,2,4-5,8-9,12-14H2,1H3. The van der Waals surface area contributed by atoms with E-state index in [0.29, 0.717) is 0 Å². The van der Waals surface area contributed by atoms with Crippen LogP contribution < -0.4 is 0 Å². The highest BCUT2D eigenvalue weighted by Crippen LogP contribution is 2.33. The van der Waals surface area contributed by atoms with Crippen LogP contribution in [-0.4, -0.2) is 23.5 Å². The molecule has 1 aromatic carbocycles. The molecule has 0 unspecified atom stereocenters. The van der Waals surface area contributed by atoms with E-state index in [1.165, 1.54) is 48.9 Å². The lowest BCUT2D eigenvalue weighted by Crippen LogP contribution is -2.17. The number of benzene rings is 1. The van der Waals surface area contributed by atoms with E-state index in [1.807, 2.05) is 0 Å². The largest absolute Gasteiger partial charge is 0.384 e. The molecule has 124 valence electrons. The van der Waals surface area contributed by atoms with Gasteiger partial charge < -0.3 is 4.74 Å². The second-order valence-corrected chi connectivity index (χ2v) is 7.16. The van der Waals surface area contributed by atoms with Gasteiger partial charge in [-0.2, -0.15) is 5.10 Å². The van der Waals surface area contributed by atoms with Crippen LogP contribution in [0.2, 0.25) is 0 Å². The minimum atomic E-state index is 0.725. The van der Waals surface area contributed by atoms with Gasteiger partial charge in [0.05, 0.1) is 6.61 Å². The van der Waals surface area contributed by atoms with Crippen LogP contribution in [0.3, 0.4) is 0 Å². The molecule has 1 aliphatic rings. The number of hydrogen-bond acceptors (Lipinski definition) is 2. The summed E-state index contributed by atoms with van der Waals surface area (Å²) in [6.07, 6.45) is 7.69. The molecule has 1 heterocycles. The number of nitrogens with zero attached hydrogens (tertiary/aromatic N) is 2. The molecule has 23 heavy (non-hydrogen) atoms. The van der Waals surface area contributed by atoms with Crippen molar-refractivity contribution < 1.29 is 4.74 Å². The van der Waals surface area contributed by atoms with Crippen LogP contribution in [0.15, 0.2) is 34.9 Å². The van der Waals surface area contributed by atoms with Crippen LogP contribution in [0.4, 0.5) is 0 Å². The van der Waals surface area contributed by atoms with Gasteiger partial charge in [0, 0.05) is 31.3 Å². The van der Waals surface area contributed by atoms with Gasteiger partial charge in [-0.25, -0.2) is 0 Å². The Morgan fingerprint density at radius 3 is 2.61 bits per heavy atom. The van der Waals surface area contributed by atoms with Crippen LogP contribution in [0.25, 0.3) is 11.1 Å². The third kappa shape index (κ3) is 4.04. The molecule has 4 heteroatoms. The number of aromatic nitrogens is 2. The summed E-state index contributed by atoms with van der Waals surface area (Å²) in [5.74, 6) is 0.764. The predicted molar refractivity (Wildman–Crippen MR) is 97.5 cm³/mol. The number of ether oxygens (including phenoxy) is 1. The van der Waals surface area contributed by atoms with Gasteiger partial charge in [0.2, 0.25) is 0 Å². The van der Waals surface area contributed by atoms with Crippen molar-refractivity contribution in [3.05, 3.63) is 40.6 Å². The lowest BCUT2D eigenvalue weighted by molar-refractivity contribution is 0.199. The molecule has 1 saturated carbocycles. The van der Waals surface area contributed by atoms with Gasteiger partial charge in [-0.3, -0.25) is 4.68 Å². The van der Waals surface area contributed by atoms with Crippen molar-refractivity contribution >= 4 is 15.9 Å². The minimum absolute atomic E-state index is 0.725. The maximum atomic E-state index is 5.33. The van der Waals surface area contributed by atoms with Crippen molar-refractivity contribution in [2.24, 2.45) is 5.92 Å². The molecular weight excluding hydrogens is 352 g/mol. The Labute approximate surface area is 147 Å². The van der Waals surface area contributed by atoms with Gasteiger partial charge in [-0.1, -0.05) is 49.6 Å². The number of rotatable bonds is 6. The van der Waals surface area contributed by atoms with Crippen LogP contribution in [0.5, 0.6) is 0 Å². The Morgan fingerprint density at radius 2 is 1.91 bits per heavy atom. The van der Waals surface area contributed by atoms with Gasteiger partial charge in [0.25, 0.3) is 0 Å². The normalized spacial score (nSPS) is 15.9. The Bertz CT molecular complexity index is 618. The topological polar surface area (TPSA) is 27.1 Å². The quantitative estimate of drug-likeness (QED) is 0.702. The molecule has 0 aliphatic heterocycles. The van der Waals surface area contributed by atoms with Crippen molar-refractivity contribution in [1.82, 2.24) is 9.78 Å². The molecule has 2 aromatic rings. The van der Waals surface area contributed by atoms with Crippen LogP contribution in [0, 0.1) is 5.92 Å². The molecule has 0 N–H and O–H groups in total. The summed E-state index contributed by atoms with van der Waals surface area (Å²) in [4.78, 5) is 0.